The van der Waals surface area contributed by atoms with E-state index in [9.17, 15) is 19.8 Å². The zero-order valence-electron chi connectivity index (χ0n) is 29.3. The number of hydrogen-bond acceptors (Lipinski definition) is 8. The number of benzene rings is 2. The Labute approximate surface area is 281 Å². The summed E-state index contributed by atoms with van der Waals surface area (Å²) in [6.07, 6.45) is 8.41. The second kappa shape index (κ2) is 19.9. The number of allylic oxidation sites excluding steroid dienone is 2. The standard InChI is InChI=1S/C29H40O4.C10H16O4/c1-7-11-21-17-23(13-15-27(21)32-19-25(30)9-3)29(5,6)24-14-16-28(22(18-24)12-8-2)33-20-26(31)10-4;1-13-9(11)7-3-5-8(6-4-7)10(12)14-2/h7-8,13-18,25-26,30-31H,1-2,9-12,19-20H2,3-6H3;7-8H,3-6H2,1-2H3. The molecule has 0 heterocycles. The second-order valence-electron chi connectivity index (χ2n) is 12.6. The van der Waals surface area contributed by atoms with Gasteiger partial charge in [0.15, 0.2) is 0 Å². The monoisotopic (exact) mass is 652 g/mol. The van der Waals surface area contributed by atoms with E-state index in [4.69, 9.17) is 9.47 Å². The van der Waals surface area contributed by atoms with Crippen LogP contribution < -0.4 is 9.47 Å². The number of rotatable bonds is 16. The first kappa shape index (κ1) is 39.6. The van der Waals surface area contributed by atoms with E-state index >= 15 is 0 Å². The smallest absolute Gasteiger partial charge is 0.308 e. The molecule has 0 spiro atoms. The van der Waals surface area contributed by atoms with Crippen LogP contribution in [0.15, 0.2) is 61.7 Å². The molecular weight excluding hydrogens is 596 g/mol. The average Bonchev–Trinajstić information content (AvgIpc) is 3.09. The predicted octanol–water partition coefficient (Wildman–Crippen LogP) is 6.91. The van der Waals surface area contributed by atoms with Gasteiger partial charge in [-0.3, -0.25) is 9.59 Å². The highest BCUT2D eigenvalue weighted by atomic mass is 16.5. The lowest BCUT2D eigenvalue weighted by Crippen LogP contribution is -2.27. The van der Waals surface area contributed by atoms with Crippen LogP contribution in [-0.2, 0) is 37.3 Å². The van der Waals surface area contributed by atoms with E-state index in [2.05, 4.69) is 60.7 Å². The molecule has 1 saturated carbocycles. The molecule has 1 aliphatic rings. The number of esters is 2. The Morgan fingerprint density at radius 3 is 1.43 bits per heavy atom. The topological polar surface area (TPSA) is 112 Å². The highest BCUT2D eigenvalue weighted by Crippen LogP contribution is 2.37. The molecule has 2 atom stereocenters. The van der Waals surface area contributed by atoms with E-state index in [1.807, 2.05) is 38.1 Å². The highest BCUT2D eigenvalue weighted by molar-refractivity contribution is 5.75. The van der Waals surface area contributed by atoms with Crippen LogP contribution in [-0.4, -0.2) is 61.8 Å². The first-order chi connectivity index (χ1) is 22.4. The summed E-state index contributed by atoms with van der Waals surface area (Å²) in [5.74, 6) is 1.20. The molecule has 47 heavy (non-hydrogen) atoms. The van der Waals surface area contributed by atoms with Crippen molar-refractivity contribution < 1.29 is 38.7 Å². The van der Waals surface area contributed by atoms with Crippen molar-refractivity contribution in [3.63, 3.8) is 0 Å². The summed E-state index contributed by atoms with van der Waals surface area (Å²) in [6, 6.07) is 12.5. The third-order valence-corrected chi connectivity index (χ3v) is 8.89. The first-order valence-electron chi connectivity index (χ1n) is 16.7. The number of hydrogen-bond donors (Lipinski definition) is 2. The molecule has 0 amide bonds. The number of methoxy groups -OCH3 is 2. The molecule has 0 aromatic heterocycles. The SMILES string of the molecule is C=CCc1cc(C(C)(C)c2ccc(OCC(O)CC)c(CC=C)c2)ccc1OCC(O)CC.COC(=O)C1CCC(C(=O)OC)CC1. The van der Waals surface area contributed by atoms with Gasteiger partial charge in [-0.25, -0.2) is 0 Å². The van der Waals surface area contributed by atoms with Gasteiger partial charge in [-0.2, -0.15) is 0 Å². The highest BCUT2D eigenvalue weighted by Gasteiger charge is 2.31. The molecule has 2 unspecified atom stereocenters. The van der Waals surface area contributed by atoms with Crippen molar-refractivity contribution in [1.82, 2.24) is 0 Å². The van der Waals surface area contributed by atoms with Crippen LogP contribution in [0.4, 0.5) is 0 Å². The van der Waals surface area contributed by atoms with E-state index in [1.165, 1.54) is 25.3 Å². The molecule has 0 radical (unpaired) electrons. The largest absolute Gasteiger partial charge is 0.491 e. The van der Waals surface area contributed by atoms with Gasteiger partial charge < -0.3 is 29.2 Å². The van der Waals surface area contributed by atoms with Gasteiger partial charge in [-0.05, 0) is 85.8 Å². The van der Waals surface area contributed by atoms with Crippen LogP contribution >= 0.6 is 0 Å². The van der Waals surface area contributed by atoms with Crippen molar-refractivity contribution in [2.45, 2.75) is 96.7 Å². The van der Waals surface area contributed by atoms with Crippen LogP contribution in [0.25, 0.3) is 0 Å². The number of carbonyl (C=O) groups excluding carboxylic acids is 2. The van der Waals surface area contributed by atoms with E-state index in [0.717, 1.165) is 48.3 Å². The van der Waals surface area contributed by atoms with Gasteiger partial charge in [0.2, 0.25) is 0 Å². The molecule has 0 saturated heterocycles. The van der Waals surface area contributed by atoms with E-state index in [1.54, 1.807) is 0 Å². The van der Waals surface area contributed by atoms with E-state index < -0.39 is 12.2 Å². The van der Waals surface area contributed by atoms with Crippen LogP contribution in [0.1, 0.15) is 88.5 Å². The van der Waals surface area contributed by atoms with Gasteiger partial charge in [-0.15, -0.1) is 13.2 Å². The van der Waals surface area contributed by atoms with Crippen molar-refractivity contribution in [2.24, 2.45) is 11.8 Å². The Bertz CT molecular complexity index is 1190. The maximum Gasteiger partial charge on any atom is 0.308 e. The van der Waals surface area contributed by atoms with Crippen molar-refractivity contribution in [3.05, 3.63) is 84.0 Å². The summed E-state index contributed by atoms with van der Waals surface area (Å²) >= 11 is 0. The van der Waals surface area contributed by atoms with Crippen LogP contribution in [0.5, 0.6) is 11.5 Å². The van der Waals surface area contributed by atoms with E-state index in [0.29, 0.717) is 25.7 Å². The molecule has 2 aromatic carbocycles. The third-order valence-electron chi connectivity index (χ3n) is 8.89. The van der Waals surface area contributed by atoms with Crippen LogP contribution in [0.3, 0.4) is 0 Å². The lowest BCUT2D eigenvalue weighted by molar-refractivity contribution is -0.151. The zero-order chi connectivity index (χ0) is 35.0. The molecule has 1 fully saturated rings. The van der Waals surface area contributed by atoms with Gasteiger partial charge in [-0.1, -0.05) is 64.1 Å². The van der Waals surface area contributed by atoms with Crippen LogP contribution in [0, 0.1) is 11.8 Å². The van der Waals surface area contributed by atoms with Crippen molar-refractivity contribution in [3.8, 4) is 11.5 Å². The summed E-state index contributed by atoms with van der Waals surface area (Å²) in [7, 11) is 2.80. The van der Waals surface area contributed by atoms with Gasteiger partial charge in [0.05, 0.1) is 38.3 Å². The molecule has 0 bridgehead atoms. The zero-order valence-corrected chi connectivity index (χ0v) is 29.3. The number of ether oxygens (including phenoxy) is 4. The number of aliphatic hydroxyl groups excluding tert-OH is 2. The Morgan fingerprint density at radius 2 is 1.13 bits per heavy atom. The lowest BCUT2D eigenvalue weighted by Gasteiger charge is -2.28. The van der Waals surface area contributed by atoms with Crippen molar-refractivity contribution in [1.29, 1.82) is 0 Å². The maximum absolute atomic E-state index is 11.2. The number of aliphatic hydroxyl groups is 2. The molecule has 2 N–H and O–H groups in total. The first-order valence-corrected chi connectivity index (χ1v) is 16.7. The molecule has 8 nitrogen and oxygen atoms in total. The Kier molecular flexibility index (Phi) is 16.8. The summed E-state index contributed by atoms with van der Waals surface area (Å²) in [4.78, 5) is 22.3. The molecule has 0 aliphatic heterocycles. The average molecular weight is 653 g/mol. The minimum atomic E-state index is -0.472. The van der Waals surface area contributed by atoms with Gasteiger partial charge >= 0.3 is 11.9 Å². The van der Waals surface area contributed by atoms with E-state index in [-0.39, 0.29) is 42.4 Å². The summed E-state index contributed by atoms with van der Waals surface area (Å²) in [5, 5.41) is 19.7. The fourth-order valence-corrected chi connectivity index (χ4v) is 5.52. The van der Waals surface area contributed by atoms with Crippen LogP contribution in [0.2, 0.25) is 0 Å². The van der Waals surface area contributed by atoms with Crippen molar-refractivity contribution >= 4 is 11.9 Å². The minimum Gasteiger partial charge on any atom is -0.491 e. The summed E-state index contributed by atoms with van der Waals surface area (Å²) in [6.45, 7) is 16.6. The molecule has 1 aliphatic carbocycles. The van der Waals surface area contributed by atoms with Crippen molar-refractivity contribution in [2.75, 3.05) is 27.4 Å². The summed E-state index contributed by atoms with van der Waals surface area (Å²) < 4.78 is 21.1. The third kappa shape index (κ3) is 11.8. The lowest BCUT2D eigenvalue weighted by atomic mass is 9.76. The Hall–Kier alpha value is -3.62. The van der Waals surface area contributed by atoms with Gasteiger partial charge in [0, 0.05) is 5.41 Å². The Balaban J connectivity index is 0.000000456. The molecular formula is C39H56O8. The molecule has 8 heteroatoms. The minimum absolute atomic E-state index is 0.0269. The molecule has 2 aromatic rings. The van der Waals surface area contributed by atoms with Gasteiger partial charge in [0.1, 0.15) is 24.7 Å². The fraction of sp³-hybridized carbons (Fsp3) is 0.538. The predicted molar refractivity (Wildman–Crippen MR) is 186 cm³/mol. The number of carbonyl (C=O) groups is 2. The fourth-order valence-electron chi connectivity index (χ4n) is 5.52. The quantitative estimate of drug-likeness (QED) is 0.149. The Morgan fingerprint density at radius 1 is 0.766 bits per heavy atom. The molecule has 260 valence electrons. The normalized spacial score (nSPS) is 17.3. The van der Waals surface area contributed by atoms with Gasteiger partial charge in [0.25, 0.3) is 0 Å². The maximum atomic E-state index is 11.2. The second-order valence-corrected chi connectivity index (χ2v) is 12.6. The summed E-state index contributed by atoms with van der Waals surface area (Å²) in [5.41, 5.74) is 4.19. The molecule has 3 rings (SSSR count).